The Kier molecular flexibility index (Phi) is 3.86. The zero-order valence-corrected chi connectivity index (χ0v) is 10.9. The van der Waals surface area contributed by atoms with Gasteiger partial charge >= 0.3 is 0 Å². The maximum Gasteiger partial charge on any atom is 0.243 e. The van der Waals surface area contributed by atoms with E-state index in [1.807, 2.05) is 6.92 Å². The van der Waals surface area contributed by atoms with Crippen LogP contribution < -0.4 is 5.32 Å². The van der Waals surface area contributed by atoms with Crippen LogP contribution in [-0.4, -0.2) is 25.1 Å². The molecule has 0 radical (unpaired) electrons. The summed E-state index contributed by atoms with van der Waals surface area (Å²) in [5.41, 5.74) is 1.97. The van der Waals surface area contributed by atoms with Crippen molar-refractivity contribution in [2.75, 3.05) is 5.32 Å². The smallest absolute Gasteiger partial charge is 0.243 e. The van der Waals surface area contributed by atoms with E-state index in [9.17, 15) is 0 Å². The predicted octanol–water partition coefficient (Wildman–Crippen LogP) is 1.89. The lowest BCUT2D eigenvalue weighted by molar-refractivity contribution is 0.762. The summed E-state index contributed by atoms with van der Waals surface area (Å²) in [6.07, 6.45) is 5.24. The third kappa shape index (κ3) is 2.64. The van der Waals surface area contributed by atoms with Gasteiger partial charge in [0.1, 0.15) is 5.82 Å². The first kappa shape index (κ1) is 12.5. The summed E-state index contributed by atoms with van der Waals surface area (Å²) in [7, 11) is 0. The first-order chi connectivity index (χ1) is 8.74. The molecule has 0 saturated heterocycles. The molecule has 2 N–H and O–H groups in total. The van der Waals surface area contributed by atoms with Gasteiger partial charge in [0.2, 0.25) is 5.95 Å². The Morgan fingerprint density at radius 3 is 2.61 bits per heavy atom. The minimum absolute atomic E-state index is 0.0268. The molecule has 0 aromatic carbocycles. The molecular formula is C12H18N6. The summed E-state index contributed by atoms with van der Waals surface area (Å²) in [6, 6.07) is 0.0268. The zero-order valence-electron chi connectivity index (χ0n) is 10.9. The van der Waals surface area contributed by atoms with Crippen molar-refractivity contribution in [1.82, 2.24) is 25.1 Å². The molecule has 0 fully saturated rings. The van der Waals surface area contributed by atoms with Crippen molar-refractivity contribution in [1.29, 1.82) is 0 Å². The second-order valence-electron chi connectivity index (χ2n) is 4.08. The molecule has 0 bridgehead atoms. The molecule has 6 nitrogen and oxygen atoms in total. The Labute approximate surface area is 106 Å². The molecular weight excluding hydrogens is 228 g/mol. The van der Waals surface area contributed by atoms with Crippen LogP contribution in [-0.2, 0) is 12.8 Å². The second-order valence-corrected chi connectivity index (χ2v) is 4.08. The summed E-state index contributed by atoms with van der Waals surface area (Å²) < 4.78 is 0. The van der Waals surface area contributed by atoms with E-state index in [0.29, 0.717) is 5.95 Å². The number of hydrogen-bond acceptors (Lipinski definition) is 5. The van der Waals surface area contributed by atoms with Crippen molar-refractivity contribution in [3.63, 3.8) is 0 Å². The van der Waals surface area contributed by atoms with Crippen molar-refractivity contribution in [2.24, 2.45) is 0 Å². The van der Waals surface area contributed by atoms with Gasteiger partial charge in [-0.15, -0.1) is 5.10 Å². The number of hydrogen-bond donors (Lipinski definition) is 2. The van der Waals surface area contributed by atoms with Crippen molar-refractivity contribution in [3.8, 4) is 0 Å². The molecule has 2 rings (SSSR count). The largest absolute Gasteiger partial charge is 0.347 e. The zero-order chi connectivity index (χ0) is 13.0. The molecule has 0 amide bonds. The summed E-state index contributed by atoms with van der Waals surface area (Å²) >= 11 is 0. The number of aromatic nitrogens is 5. The average Bonchev–Trinajstić information content (AvgIpc) is 2.92. The van der Waals surface area contributed by atoms with Gasteiger partial charge in [0, 0.05) is 12.4 Å². The summed E-state index contributed by atoms with van der Waals surface area (Å²) in [5, 5.41) is 11.5. The molecule has 0 spiro atoms. The molecule has 2 heterocycles. The van der Waals surface area contributed by atoms with Gasteiger partial charge in [0.05, 0.1) is 17.4 Å². The quantitative estimate of drug-likeness (QED) is 0.842. The maximum atomic E-state index is 4.49. The van der Waals surface area contributed by atoms with Crippen LogP contribution in [0.5, 0.6) is 0 Å². The summed E-state index contributed by atoms with van der Waals surface area (Å²) in [4.78, 5) is 11.7. The van der Waals surface area contributed by atoms with Gasteiger partial charge in [-0.1, -0.05) is 13.8 Å². The third-order valence-corrected chi connectivity index (χ3v) is 2.78. The van der Waals surface area contributed by atoms with Crippen molar-refractivity contribution in [3.05, 3.63) is 29.6 Å². The highest BCUT2D eigenvalue weighted by Gasteiger charge is 2.11. The van der Waals surface area contributed by atoms with Gasteiger partial charge in [0.25, 0.3) is 0 Å². The van der Waals surface area contributed by atoms with E-state index in [-0.39, 0.29) is 6.04 Å². The first-order valence-electron chi connectivity index (χ1n) is 6.22. The molecule has 18 heavy (non-hydrogen) atoms. The fourth-order valence-electron chi connectivity index (χ4n) is 1.78. The fraction of sp³-hybridized carbons (Fsp3) is 0.500. The monoisotopic (exact) mass is 246 g/mol. The summed E-state index contributed by atoms with van der Waals surface area (Å²) in [5.74, 6) is 1.41. The van der Waals surface area contributed by atoms with Gasteiger partial charge in [-0.3, -0.25) is 0 Å². The lowest BCUT2D eigenvalue weighted by atomic mass is 10.2. The van der Waals surface area contributed by atoms with E-state index in [1.165, 1.54) is 0 Å². The SMILES string of the molecule is CCc1nnc(NC(C)c2ncc[nH]2)nc1CC. The van der Waals surface area contributed by atoms with Gasteiger partial charge in [-0.25, -0.2) is 9.97 Å². The number of imidazole rings is 1. The molecule has 96 valence electrons. The normalized spacial score (nSPS) is 12.4. The number of aromatic amines is 1. The minimum atomic E-state index is 0.0268. The third-order valence-electron chi connectivity index (χ3n) is 2.78. The molecule has 2 aromatic heterocycles. The summed E-state index contributed by atoms with van der Waals surface area (Å²) in [6.45, 7) is 6.13. The van der Waals surface area contributed by atoms with Gasteiger partial charge in [0.15, 0.2) is 0 Å². The van der Waals surface area contributed by atoms with Crippen LogP contribution >= 0.6 is 0 Å². The van der Waals surface area contributed by atoms with E-state index in [2.05, 4.69) is 44.3 Å². The number of nitrogens with one attached hydrogen (secondary N) is 2. The first-order valence-corrected chi connectivity index (χ1v) is 6.22. The minimum Gasteiger partial charge on any atom is -0.347 e. The highest BCUT2D eigenvalue weighted by Crippen LogP contribution is 2.13. The van der Waals surface area contributed by atoms with E-state index in [0.717, 1.165) is 30.1 Å². The highest BCUT2D eigenvalue weighted by atomic mass is 15.3. The van der Waals surface area contributed by atoms with E-state index < -0.39 is 0 Å². The number of aryl methyl sites for hydroxylation is 2. The molecule has 6 heteroatoms. The predicted molar refractivity (Wildman–Crippen MR) is 69.2 cm³/mol. The Morgan fingerprint density at radius 1 is 1.22 bits per heavy atom. The van der Waals surface area contributed by atoms with Crippen LogP contribution in [0.25, 0.3) is 0 Å². The number of anilines is 1. The number of H-pyrrole nitrogens is 1. The average molecular weight is 246 g/mol. The van der Waals surface area contributed by atoms with E-state index in [4.69, 9.17) is 0 Å². The maximum absolute atomic E-state index is 4.49. The lowest BCUT2D eigenvalue weighted by Crippen LogP contribution is -2.13. The molecule has 0 aliphatic rings. The van der Waals surface area contributed by atoms with Gasteiger partial charge < -0.3 is 10.3 Å². The molecule has 0 aliphatic heterocycles. The van der Waals surface area contributed by atoms with Gasteiger partial charge in [-0.2, -0.15) is 5.10 Å². The van der Waals surface area contributed by atoms with E-state index in [1.54, 1.807) is 12.4 Å². The molecule has 2 aromatic rings. The van der Waals surface area contributed by atoms with Crippen LogP contribution in [0.15, 0.2) is 12.4 Å². The van der Waals surface area contributed by atoms with Crippen LogP contribution in [0.2, 0.25) is 0 Å². The second kappa shape index (κ2) is 5.57. The van der Waals surface area contributed by atoms with Crippen molar-refractivity contribution >= 4 is 5.95 Å². The number of rotatable bonds is 5. The Morgan fingerprint density at radius 2 is 2.00 bits per heavy atom. The van der Waals surface area contributed by atoms with Crippen LogP contribution in [0.1, 0.15) is 44.0 Å². The van der Waals surface area contributed by atoms with E-state index >= 15 is 0 Å². The Balaban J connectivity index is 2.14. The molecule has 1 atom stereocenters. The Hall–Kier alpha value is -1.98. The van der Waals surface area contributed by atoms with Crippen molar-refractivity contribution < 1.29 is 0 Å². The van der Waals surface area contributed by atoms with Crippen molar-refractivity contribution in [2.45, 2.75) is 39.7 Å². The Bertz CT molecular complexity index is 493. The van der Waals surface area contributed by atoms with Crippen LogP contribution in [0.4, 0.5) is 5.95 Å². The van der Waals surface area contributed by atoms with Crippen LogP contribution in [0, 0.1) is 0 Å². The topological polar surface area (TPSA) is 79.4 Å². The standard InChI is InChI=1S/C12H18N6/c1-4-9-10(5-2)17-18-12(16-9)15-8(3)11-13-6-7-14-11/h6-8H,4-5H2,1-3H3,(H,13,14)(H,15,16,18). The highest BCUT2D eigenvalue weighted by molar-refractivity contribution is 5.28. The van der Waals surface area contributed by atoms with Gasteiger partial charge in [-0.05, 0) is 19.8 Å². The van der Waals surface area contributed by atoms with Crippen LogP contribution in [0.3, 0.4) is 0 Å². The molecule has 1 unspecified atom stereocenters. The molecule has 0 aliphatic carbocycles. The molecule has 0 saturated carbocycles. The number of nitrogens with zero attached hydrogens (tertiary/aromatic N) is 4. The lowest BCUT2D eigenvalue weighted by Gasteiger charge is -2.12. The fourth-order valence-corrected chi connectivity index (χ4v) is 1.78.